The van der Waals surface area contributed by atoms with Crippen molar-refractivity contribution < 1.29 is 4.79 Å². The molecule has 2 amide bonds. The molecule has 0 spiro atoms. The number of nitrogens with one attached hydrogen (secondary N) is 1. The Hall–Kier alpha value is -1.03. The summed E-state index contributed by atoms with van der Waals surface area (Å²) in [6, 6.07) is 5.93. The first-order valence-electron chi connectivity index (χ1n) is 4.55. The van der Waals surface area contributed by atoms with Gasteiger partial charge in [-0.2, -0.15) is 0 Å². The Morgan fingerprint density at radius 3 is 3.07 bits per heavy atom. The summed E-state index contributed by atoms with van der Waals surface area (Å²) >= 11 is 3.38. The van der Waals surface area contributed by atoms with Crippen molar-refractivity contribution in [2.24, 2.45) is 0 Å². The average molecular weight is 255 g/mol. The number of nitrogens with zero attached hydrogens (tertiary/aromatic N) is 1. The molecule has 1 aliphatic rings. The molecule has 0 aromatic heterocycles. The monoisotopic (exact) mass is 254 g/mol. The minimum absolute atomic E-state index is 0.0156. The van der Waals surface area contributed by atoms with Crippen molar-refractivity contribution in [1.82, 2.24) is 4.90 Å². The minimum atomic E-state index is -0.0156. The molecule has 2 rings (SSSR count). The third-order valence-electron chi connectivity index (χ3n) is 2.34. The lowest BCUT2D eigenvalue weighted by Crippen LogP contribution is -2.38. The van der Waals surface area contributed by atoms with E-state index < -0.39 is 0 Å². The molecule has 1 aromatic rings. The van der Waals surface area contributed by atoms with Gasteiger partial charge in [0.1, 0.15) is 0 Å². The Labute approximate surface area is 91.2 Å². The van der Waals surface area contributed by atoms with E-state index in [4.69, 9.17) is 0 Å². The molecule has 0 aliphatic carbocycles. The maximum Gasteiger partial charge on any atom is 0.322 e. The van der Waals surface area contributed by atoms with Gasteiger partial charge in [0, 0.05) is 23.2 Å². The van der Waals surface area contributed by atoms with E-state index in [0.29, 0.717) is 6.54 Å². The van der Waals surface area contributed by atoms with E-state index >= 15 is 0 Å². The molecule has 1 heterocycles. The number of halogens is 1. The molecule has 0 atom stereocenters. The van der Waals surface area contributed by atoms with Crippen molar-refractivity contribution in [2.75, 3.05) is 11.9 Å². The van der Waals surface area contributed by atoms with Gasteiger partial charge in [0.05, 0.1) is 0 Å². The fourth-order valence-corrected chi connectivity index (χ4v) is 1.89. The molecule has 0 fully saturated rings. The Kier molecular flexibility index (Phi) is 2.46. The second kappa shape index (κ2) is 3.61. The number of anilines is 1. The summed E-state index contributed by atoms with van der Waals surface area (Å²) in [5, 5.41) is 2.86. The molecule has 0 radical (unpaired) electrons. The van der Waals surface area contributed by atoms with E-state index in [1.165, 1.54) is 0 Å². The molecule has 1 N–H and O–H groups in total. The predicted octanol–water partition coefficient (Wildman–Crippen LogP) is 2.82. The molecule has 74 valence electrons. The molecule has 4 heteroatoms. The van der Waals surface area contributed by atoms with Crippen molar-refractivity contribution in [2.45, 2.75) is 13.5 Å². The Morgan fingerprint density at radius 2 is 2.36 bits per heavy atom. The molecule has 0 saturated carbocycles. The molecule has 0 saturated heterocycles. The molecule has 1 aliphatic heterocycles. The van der Waals surface area contributed by atoms with Crippen molar-refractivity contribution >= 4 is 27.6 Å². The highest BCUT2D eigenvalue weighted by molar-refractivity contribution is 9.10. The summed E-state index contributed by atoms with van der Waals surface area (Å²) in [7, 11) is 0. The number of hydrogen-bond acceptors (Lipinski definition) is 1. The first-order valence-corrected chi connectivity index (χ1v) is 5.34. The highest BCUT2D eigenvalue weighted by Crippen LogP contribution is 2.26. The van der Waals surface area contributed by atoms with Gasteiger partial charge in [-0.15, -0.1) is 0 Å². The lowest BCUT2D eigenvalue weighted by Gasteiger charge is -2.28. The zero-order valence-corrected chi connectivity index (χ0v) is 9.47. The van der Waals surface area contributed by atoms with Gasteiger partial charge in [0.2, 0.25) is 0 Å². The van der Waals surface area contributed by atoms with Gasteiger partial charge >= 0.3 is 6.03 Å². The molecule has 0 bridgehead atoms. The van der Waals surface area contributed by atoms with E-state index in [1.807, 2.05) is 25.1 Å². The first-order chi connectivity index (χ1) is 6.70. The normalized spacial score (nSPS) is 15.0. The van der Waals surface area contributed by atoms with Crippen LogP contribution in [0.3, 0.4) is 0 Å². The Balaban J connectivity index is 2.35. The first kappa shape index (κ1) is 9.52. The van der Waals surface area contributed by atoms with E-state index in [0.717, 1.165) is 22.3 Å². The van der Waals surface area contributed by atoms with Crippen molar-refractivity contribution in [3.05, 3.63) is 28.2 Å². The van der Waals surface area contributed by atoms with E-state index in [1.54, 1.807) is 4.90 Å². The number of hydrogen-bond donors (Lipinski definition) is 1. The van der Waals surface area contributed by atoms with Crippen LogP contribution in [0, 0.1) is 0 Å². The summed E-state index contributed by atoms with van der Waals surface area (Å²) in [6.07, 6.45) is 0. The van der Waals surface area contributed by atoms with Gasteiger partial charge in [-0.1, -0.05) is 22.0 Å². The molecule has 1 aromatic carbocycles. The van der Waals surface area contributed by atoms with Crippen LogP contribution in [0.1, 0.15) is 12.5 Å². The van der Waals surface area contributed by atoms with Crippen molar-refractivity contribution in [3.8, 4) is 0 Å². The van der Waals surface area contributed by atoms with Gasteiger partial charge in [-0.3, -0.25) is 0 Å². The zero-order valence-electron chi connectivity index (χ0n) is 7.88. The van der Waals surface area contributed by atoms with Gasteiger partial charge in [0.15, 0.2) is 0 Å². The van der Waals surface area contributed by atoms with Gasteiger partial charge in [0.25, 0.3) is 0 Å². The van der Waals surface area contributed by atoms with Crippen molar-refractivity contribution in [1.29, 1.82) is 0 Å². The Morgan fingerprint density at radius 1 is 1.57 bits per heavy atom. The summed E-state index contributed by atoms with van der Waals surface area (Å²) < 4.78 is 0.987. The number of benzene rings is 1. The van der Waals surface area contributed by atoms with Crippen LogP contribution in [0.25, 0.3) is 0 Å². The third kappa shape index (κ3) is 1.62. The van der Waals surface area contributed by atoms with E-state index in [9.17, 15) is 4.79 Å². The van der Waals surface area contributed by atoms with E-state index in [-0.39, 0.29) is 6.03 Å². The van der Waals surface area contributed by atoms with Crippen LogP contribution in [0.15, 0.2) is 22.7 Å². The summed E-state index contributed by atoms with van der Waals surface area (Å²) in [4.78, 5) is 13.3. The Bertz CT molecular complexity index is 378. The predicted molar refractivity (Wildman–Crippen MR) is 59.2 cm³/mol. The van der Waals surface area contributed by atoms with Gasteiger partial charge < -0.3 is 10.2 Å². The largest absolute Gasteiger partial charge is 0.322 e. The second-order valence-corrected chi connectivity index (χ2v) is 4.16. The molecule has 0 unspecified atom stereocenters. The SMILES string of the molecule is CCN1Cc2ccc(Br)cc2NC1=O. The van der Waals surface area contributed by atoms with Crippen LogP contribution in [0.5, 0.6) is 0 Å². The molecular weight excluding hydrogens is 244 g/mol. The number of carbonyl (C=O) groups is 1. The number of fused-ring (bicyclic) bond motifs is 1. The van der Waals surface area contributed by atoms with Gasteiger partial charge in [-0.25, -0.2) is 4.79 Å². The lowest BCUT2D eigenvalue weighted by atomic mass is 10.1. The quantitative estimate of drug-likeness (QED) is 0.822. The van der Waals surface area contributed by atoms with Crippen LogP contribution < -0.4 is 5.32 Å². The number of carbonyl (C=O) groups excluding carboxylic acids is 1. The standard InChI is InChI=1S/C10H11BrN2O/c1-2-13-6-7-3-4-8(11)5-9(7)12-10(13)14/h3-5H,2,6H2,1H3,(H,12,14). The van der Waals surface area contributed by atoms with Crippen LogP contribution >= 0.6 is 15.9 Å². The summed E-state index contributed by atoms with van der Waals surface area (Å²) in [5.74, 6) is 0. The minimum Gasteiger partial charge on any atom is -0.320 e. The highest BCUT2D eigenvalue weighted by atomic mass is 79.9. The average Bonchev–Trinajstić information content (AvgIpc) is 2.16. The summed E-state index contributed by atoms with van der Waals surface area (Å²) in [5.41, 5.74) is 2.07. The second-order valence-electron chi connectivity index (χ2n) is 3.25. The smallest absolute Gasteiger partial charge is 0.320 e. The van der Waals surface area contributed by atoms with Crippen LogP contribution in [0.2, 0.25) is 0 Å². The zero-order chi connectivity index (χ0) is 10.1. The van der Waals surface area contributed by atoms with Crippen LogP contribution in [-0.4, -0.2) is 17.5 Å². The fourth-order valence-electron chi connectivity index (χ4n) is 1.53. The van der Waals surface area contributed by atoms with Crippen LogP contribution in [-0.2, 0) is 6.54 Å². The number of amides is 2. The maximum atomic E-state index is 11.5. The molecular formula is C10H11BrN2O. The number of urea groups is 1. The van der Waals surface area contributed by atoms with Crippen LogP contribution in [0.4, 0.5) is 10.5 Å². The molecule has 3 nitrogen and oxygen atoms in total. The lowest BCUT2D eigenvalue weighted by molar-refractivity contribution is 0.210. The fraction of sp³-hybridized carbons (Fsp3) is 0.300. The van der Waals surface area contributed by atoms with Crippen molar-refractivity contribution in [3.63, 3.8) is 0 Å². The number of rotatable bonds is 1. The highest BCUT2D eigenvalue weighted by Gasteiger charge is 2.20. The topological polar surface area (TPSA) is 32.3 Å². The molecule has 14 heavy (non-hydrogen) atoms. The van der Waals surface area contributed by atoms with E-state index in [2.05, 4.69) is 21.2 Å². The third-order valence-corrected chi connectivity index (χ3v) is 2.84. The van der Waals surface area contributed by atoms with Gasteiger partial charge in [-0.05, 0) is 24.6 Å². The maximum absolute atomic E-state index is 11.5. The summed E-state index contributed by atoms with van der Waals surface area (Å²) in [6.45, 7) is 3.41.